The lowest BCUT2D eigenvalue weighted by atomic mass is 10.1. The Morgan fingerprint density at radius 2 is 2.00 bits per heavy atom. The third-order valence-electron chi connectivity index (χ3n) is 3.51. The van der Waals surface area contributed by atoms with Crippen LogP contribution in [0, 0.1) is 0 Å². The molecule has 0 saturated carbocycles. The highest BCUT2D eigenvalue weighted by Gasteiger charge is 2.39. The van der Waals surface area contributed by atoms with Crippen molar-refractivity contribution in [2.75, 3.05) is 24.9 Å². The molecule has 1 heterocycles. The van der Waals surface area contributed by atoms with Gasteiger partial charge in [-0.1, -0.05) is 43.7 Å². The molecule has 1 saturated heterocycles. The summed E-state index contributed by atoms with van der Waals surface area (Å²) in [5.41, 5.74) is 1.17. The normalized spacial score (nSPS) is 21.4. The first-order chi connectivity index (χ1) is 9.63. The second-order valence-corrected chi connectivity index (χ2v) is 7.69. The number of hydrogen-bond acceptors (Lipinski definition) is 2. The molecular formula is C16H24BrNO2S. The molecule has 5 heteroatoms. The van der Waals surface area contributed by atoms with Crippen molar-refractivity contribution < 1.29 is 26.5 Å². The van der Waals surface area contributed by atoms with E-state index >= 15 is 0 Å². The van der Waals surface area contributed by atoms with Crippen LogP contribution in [0.1, 0.15) is 31.4 Å². The first-order valence-electron chi connectivity index (χ1n) is 7.15. The van der Waals surface area contributed by atoms with Gasteiger partial charge < -0.3 is 26.6 Å². The van der Waals surface area contributed by atoms with Crippen LogP contribution in [0.3, 0.4) is 0 Å². The second kappa shape index (κ2) is 8.81. The fraction of sp³-hybridized carbons (Fsp3) is 0.562. The van der Waals surface area contributed by atoms with Crippen molar-refractivity contribution in [3.8, 4) is 0 Å². The van der Waals surface area contributed by atoms with Gasteiger partial charge in [-0.05, 0) is 22.9 Å². The minimum Gasteiger partial charge on any atom is -1.00 e. The molecule has 21 heavy (non-hydrogen) atoms. The Kier molecular flexibility index (Phi) is 7.77. The zero-order valence-corrected chi connectivity index (χ0v) is 15.3. The standard InChI is InChI=1S/C16H24NO2S.BrH/c1-4-8-16-17(15(18)12-20(2)3)14(11-19-16)13-9-6-5-7-10-13;/h5-7,9-10,14,16H,4,8,11-12H2,1-3H3;1H/q+1;/p-1/t14-,16-;/m0./s1. The van der Waals surface area contributed by atoms with Crippen molar-refractivity contribution in [1.82, 2.24) is 4.90 Å². The molecule has 118 valence electrons. The molecule has 0 spiro atoms. The van der Waals surface area contributed by atoms with E-state index in [2.05, 4.69) is 31.6 Å². The first kappa shape index (κ1) is 18.5. The minimum atomic E-state index is -0.0544. The van der Waals surface area contributed by atoms with Gasteiger partial charge in [0.25, 0.3) is 5.91 Å². The number of halogens is 1. The number of carbonyl (C=O) groups excluding carboxylic acids is 1. The van der Waals surface area contributed by atoms with Gasteiger partial charge in [0, 0.05) is 0 Å². The van der Waals surface area contributed by atoms with Crippen molar-refractivity contribution >= 4 is 16.8 Å². The molecule has 0 radical (unpaired) electrons. The molecule has 0 unspecified atom stereocenters. The van der Waals surface area contributed by atoms with Gasteiger partial charge in [-0.3, -0.25) is 4.79 Å². The van der Waals surface area contributed by atoms with Crippen LogP contribution in [0.25, 0.3) is 0 Å². The number of nitrogens with zero attached hydrogens (tertiary/aromatic N) is 1. The molecule has 1 aromatic rings. The van der Waals surface area contributed by atoms with Crippen molar-refractivity contribution in [3.63, 3.8) is 0 Å². The van der Waals surface area contributed by atoms with Gasteiger partial charge in [0.1, 0.15) is 6.23 Å². The number of ether oxygens (including phenoxy) is 1. The fourth-order valence-electron chi connectivity index (χ4n) is 2.62. The number of hydrogen-bond donors (Lipinski definition) is 0. The number of rotatable bonds is 5. The van der Waals surface area contributed by atoms with Crippen molar-refractivity contribution in [3.05, 3.63) is 35.9 Å². The van der Waals surface area contributed by atoms with Gasteiger partial charge in [-0.25, -0.2) is 0 Å². The van der Waals surface area contributed by atoms with Crippen LogP contribution in [0.2, 0.25) is 0 Å². The summed E-state index contributed by atoms with van der Waals surface area (Å²) in [4.78, 5) is 14.6. The highest BCUT2D eigenvalue weighted by Crippen LogP contribution is 2.32. The maximum atomic E-state index is 12.6. The molecule has 1 aliphatic heterocycles. The van der Waals surface area contributed by atoms with Crippen molar-refractivity contribution in [2.45, 2.75) is 32.0 Å². The molecule has 1 aromatic carbocycles. The molecular weight excluding hydrogens is 350 g/mol. The molecule has 2 rings (SSSR count). The zero-order chi connectivity index (χ0) is 14.5. The summed E-state index contributed by atoms with van der Waals surface area (Å²) in [6.07, 6.45) is 6.11. The quantitative estimate of drug-likeness (QED) is 0.657. The van der Waals surface area contributed by atoms with E-state index in [0.717, 1.165) is 12.8 Å². The van der Waals surface area contributed by atoms with Gasteiger partial charge in [-0.2, -0.15) is 0 Å². The van der Waals surface area contributed by atoms with Gasteiger partial charge >= 0.3 is 0 Å². The monoisotopic (exact) mass is 373 g/mol. The topological polar surface area (TPSA) is 29.5 Å². The lowest BCUT2D eigenvalue weighted by molar-refractivity contribution is -0.135. The smallest absolute Gasteiger partial charge is 0.275 e. The Bertz CT molecular complexity index is 441. The van der Waals surface area contributed by atoms with E-state index in [1.54, 1.807) is 0 Å². The summed E-state index contributed by atoms with van der Waals surface area (Å²) in [7, 11) is 0.121. The molecule has 0 aromatic heterocycles. The highest BCUT2D eigenvalue weighted by atomic mass is 79.9. The highest BCUT2D eigenvalue weighted by molar-refractivity contribution is 7.96. The summed E-state index contributed by atoms with van der Waals surface area (Å²) < 4.78 is 5.88. The summed E-state index contributed by atoms with van der Waals surface area (Å²) in [6.45, 7) is 2.74. The molecule has 0 bridgehead atoms. The number of carbonyl (C=O) groups is 1. The summed E-state index contributed by atoms with van der Waals surface area (Å²) in [5, 5.41) is 0. The Labute approximate surface area is 141 Å². The molecule has 0 aliphatic carbocycles. The predicted octanol–water partition coefficient (Wildman–Crippen LogP) is -0.405. The minimum absolute atomic E-state index is 0. The van der Waals surface area contributed by atoms with E-state index in [-0.39, 0.29) is 46.1 Å². The van der Waals surface area contributed by atoms with E-state index in [0.29, 0.717) is 12.4 Å². The van der Waals surface area contributed by atoms with Crippen LogP contribution in [-0.4, -0.2) is 41.9 Å². The molecule has 2 atom stereocenters. The van der Waals surface area contributed by atoms with E-state index in [1.807, 2.05) is 23.1 Å². The van der Waals surface area contributed by atoms with Gasteiger partial charge in [-0.15, -0.1) is 0 Å². The van der Waals surface area contributed by atoms with Crippen LogP contribution in [0.4, 0.5) is 0 Å². The maximum Gasteiger partial charge on any atom is 0.275 e. The third-order valence-corrected chi connectivity index (χ3v) is 4.34. The molecule has 1 amide bonds. The van der Waals surface area contributed by atoms with Crippen LogP contribution >= 0.6 is 0 Å². The van der Waals surface area contributed by atoms with E-state index in [1.165, 1.54) is 5.56 Å². The summed E-state index contributed by atoms with van der Waals surface area (Å²) in [6, 6.07) is 10.3. The largest absolute Gasteiger partial charge is 1.00 e. The third kappa shape index (κ3) is 4.73. The predicted molar refractivity (Wildman–Crippen MR) is 84.8 cm³/mol. The Balaban J connectivity index is 0.00000220. The Morgan fingerprint density at radius 1 is 1.33 bits per heavy atom. The van der Waals surface area contributed by atoms with E-state index in [9.17, 15) is 4.79 Å². The summed E-state index contributed by atoms with van der Waals surface area (Å²) in [5.74, 6) is 0.843. The molecule has 1 fully saturated rings. The van der Waals surface area contributed by atoms with E-state index < -0.39 is 0 Å². The van der Waals surface area contributed by atoms with Gasteiger partial charge in [0.15, 0.2) is 5.75 Å². The van der Waals surface area contributed by atoms with Gasteiger partial charge in [0.05, 0.1) is 25.2 Å². The Hall–Kier alpha value is -0.520. The average molecular weight is 374 g/mol. The lowest BCUT2D eigenvalue weighted by Gasteiger charge is -2.27. The fourth-order valence-corrected chi connectivity index (χ4v) is 3.26. The van der Waals surface area contributed by atoms with Gasteiger partial charge in [0.2, 0.25) is 0 Å². The lowest BCUT2D eigenvalue weighted by Crippen LogP contribution is -3.00. The van der Waals surface area contributed by atoms with Crippen LogP contribution < -0.4 is 17.0 Å². The first-order valence-corrected chi connectivity index (χ1v) is 9.36. The molecule has 1 aliphatic rings. The average Bonchev–Trinajstić information content (AvgIpc) is 2.83. The zero-order valence-electron chi connectivity index (χ0n) is 12.9. The van der Waals surface area contributed by atoms with Crippen molar-refractivity contribution in [1.29, 1.82) is 0 Å². The van der Waals surface area contributed by atoms with Crippen LogP contribution in [0.5, 0.6) is 0 Å². The van der Waals surface area contributed by atoms with E-state index in [4.69, 9.17) is 4.74 Å². The SMILES string of the molecule is CCC[C@@H]1OC[C@@H](c2ccccc2)N1C(=O)C[S+](C)C.[Br-]. The molecule has 0 N–H and O–H groups in total. The molecule has 3 nitrogen and oxygen atoms in total. The number of amides is 1. The summed E-state index contributed by atoms with van der Waals surface area (Å²) >= 11 is 0. The van der Waals surface area contributed by atoms with Crippen LogP contribution in [-0.2, 0) is 20.4 Å². The Morgan fingerprint density at radius 3 is 2.57 bits per heavy atom. The van der Waals surface area contributed by atoms with Crippen LogP contribution in [0.15, 0.2) is 30.3 Å². The number of benzene rings is 1. The second-order valence-electron chi connectivity index (χ2n) is 5.43. The van der Waals surface area contributed by atoms with Crippen molar-refractivity contribution in [2.24, 2.45) is 0 Å². The maximum absolute atomic E-state index is 12.6.